The minimum Gasteiger partial charge on any atom is -0.368 e. The standard InChI is InChI=1S/C62H77N3/c1-5-16-42(17-6-1)44-20-15-21-45(36-44)46-28-33-61-54(38-46)55-39-48(47-29-32-60-53(37-47)52-26-13-14-27-59(52)64(60)50-24-11-4-12-25-50)30-34-62(55)65(61)51-31-35-58-56(40-51)57(43-18-7-2-8-19-43)41-63(58)49-22-9-3-10-23-49/h1,4-5,9,11,14-15,18,20,22,24,27-36,42,45-49,52-57,59-62H,2-3,6-8,10,12-13,16-17,19,21,23,25-26,37-41H2. The molecule has 10 aliphatic carbocycles. The third-order valence-electron chi connectivity index (χ3n) is 20.0. The maximum Gasteiger partial charge on any atom is 0.0508 e. The van der Waals surface area contributed by atoms with Gasteiger partial charge in [-0.15, -0.1) is 0 Å². The summed E-state index contributed by atoms with van der Waals surface area (Å²) in [6.45, 7) is 1.23. The Hall–Kier alpha value is -3.98. The van der Waals surface area contributed by atoms with Crippen molar-refractivity contribution in [3.63, 3.8) is 0 Å². The van der Waals surface area contributed by atoms with Crippen LogP contribution in [0.5, 0.6) is 0 Å². The monoisotopic (exact) mass is 864 g/mol. The van der Waals surface area contributed by atoms with E-state index in [0.29, 0.717) is 83.5 Å². The van der Waals surface area contributed by atoms with Crippen LogP contribution in [0.15, 0.2) is 156 Å². The van der Waals surface area contributed by atoms with Gasteiger partial charge in [-0.05, 0) is 199 Å². The predicted octanol–water partition coefficient (Wildman–Crippen LogP) is 14.1. The Morgan fingerprint density at radius 3 is 1.97 bits per heavy atom. The third-order valence-corrected chi connectivity index (χ3v) is 20.0. The second kappa shape index (κ2) is 17.6. The summed E-state index contributed by atoms with van der Waals surface area (Å²) in [6.07, 6.45) is 79.0. The highest BCUT2D eigenvalue weighted by atomic mass is 15.3. The van der Waals surface area contributed by atoms with Gasteiger partial charge in [0, 0.05) is 41.5 Å². The summed E-state index contributed by atoms with van der Waals surface area (Å²) in [5, 5.41) is 0. The maximum atomic E-state index is 3.04. The fourth-order valence-corrected chi connectivity index (χ4v) is 16.9. The molecule has 0 aromatic carbocycles. The van der Waals surface area contributed by atoms with E-state index in [-0.39, 0.29) is 0 Å². The van der Waals surface area contributed by atoms with Gasteiger partial charge in [0.15, 0.2) is 0 Å². The molecule has 0 bridgehead atoms. The van der Waals surface area contributed by atoms with E-state index in [0.717, 1.165) is 11.8 Å². The molecule has 0 N–H and O–H groups in total. The second-order valence-electron chi connectivity index (χ2n) is 23.1. The van der Waals surface area contributed by atoms with Crippen molar-refractivity contribution in [3.05, 3.63) is 156 Å². The molecule has 0 saturated carbocycles. The Labute approximate surface area is 392 Å². The van der Waals surface area contributed by atoms with Crippen LogP contribution in [0, 0.1) is 65.1 Å². The van der Waals surface area contributed by atoms with Crippen LogP contribution in [0.1, 0.15) is 122 Å². The molecule has 3 fully saturated rings. The molecular weight excluding hydrogens is 787 g/mol. The van der Waals surface area contributed by atoms with E-state index in [2.05, 4.69) is 142 Å². The summed E-state index contributed by atoms with van der Waals surface area (Å²) in [4.78, 5) is 8.81. The number of nitrogens with zero attached hydrogens (tertiary/aromatic N) is 3. The van der Waals surface area contributed by atoms with E-state index >= 15 is 0 Å². The topological polar surface area (TPSA) is 9.72 Å². The van der Waals surface area contributed by atoms with Gasteiger partial charge in [0.2, 0.25) is 0 Å². The lowest BCUT2D eigenvalue weighted by Crippen LogP contribution is -2.40. The van der Waals surface area contributed by atoms with Crippen molar-refractivity contribution < 1.29 is 0 Å². The smallest absolute Gasteiger partial charge is 0.0508 e. The van der Waals surface area contributed by atoms with Crippen LogP contribution in [-0.2, 0) is 0 Å². The summed E-state index contributed by atoms with van der Waals surface area (Å²) < 4.78 is 0. The van der Waals surface area contributed by atoms with Gasteiger partial charge in [0.05, 0.1) is 24.2 Å². The highest BCUT2D eigenvalue weighted by molar-refractivity contribution is 5.38. The average Bonchev–Trinajstić information content (AvgIpc) is 4.04. The molecule has 0 aromatic heterocycles. The number of hydrogen-bond donors (Lipinski definition) is 0. The first-order chi connectivity index (χ1) is 32.2. The Kier molecular flexibility index (Phi) is 11.2. The fourth-order valence-electron chi connectivity index (χ4n) is 16.9. The maximum absolute atomic E-state index is 3.04. The molecule has 16 atom stereocenters. The second-order valence-corrected chi connectivity index (χ2v) is 23.1. The normalized spacial score (nSPS) is 43.6. The highest BCUT2D eigenvalue weighted by Gasteiger charge is 2.55. The van der Waals surface area contributed by atoms with E-state index in [9.17, 15) is 0 Å². The van der Waals surface area contributed by atoms with Gasteiger partial charge >= 0.3 is 0 Å². The summed E-state index contributed by atoms with van der Waals surface area (Å²) in [5.74, 6) is 7.55. The Morgan fingerprint density at radius 1 is 0.492 bits per heavy atom. The van der Waals surface area contributed by atoms with Gasteiger partial charge in [-0.1, -0.05) is 115 Å². The molecule has 0 aromatic rings. The lowest BCUT2D eigenvalue weighted by molar-refractivity contribution is 0.196. The zero-order chi connectivity index (χ0) is 42.8. The predicted molar refractivity (Wildman–Crippen MR) is 269 cm³/mol. The van der Waals surface area contributed by atoms with Gasteiger partial charge < -0.3 is 14.7 Å². The zero-order valence-electron chi connectivity index (χ0n) is 39.3. The van der Waals surface area contributed by atoms with Crippen molar-refractivity contribution in [2.75, 3.05) is 6.54 Å². The van der Waals surface area contributed by atoms with E-state index in [4.69, 9.17) is 0 Å². The molecule has 65 heavy (non-hydrogen) atoms. The van der Waals surface area contributed by atoms with Gasteiger partial charge in [-0.25, -0.2) is 0 Å². The minimum atomic E-state index is 0.504. The van der Waals surface area contributed by atoms with Crippen LogP contribution in [0.25, 0.3) is 0 Å². The lowest BCUT2D eigenvalue weighted by Gasteiger charge is -2.41. The molecule has 3 saturated heterocycles. The van der Waals surface area contributed by atoms with E-state index in [1.807, 2.05) is 0 Å². The summed E-state index contributed by atoms with van der Waals surface area (Å²) in [7, 11) is 0. The third kappa shape index (κ3) is 7.42. The molecule has 13 rings (SSSR count). The molecule has 3 heteroatoms. The SMILES string of the molecule is C1=CCCC(N2C3C=CCCC3C3CC(C4C=CC5C(C4)C4CC(C6C=C(C7CC=CCC7)C=CC6)C=CC4N5C4=CC=C5C(C4)C(C4=CCCCC4)CN5C4C=CCCC4)C=CC32)=C1. The van der Waals surface area contributed by atoms with Gasteiger partial charge in [0.25, 0.3) is 0 Å². The van der Waals surface area contributed by atoms with Crippen molar-refractivity contribution in [2.24, 2.45) is 65.1 Å². The Morgan fingerprint density at radius 2 is 1.25 bits per heavy atom. The van der Waals surface area contributed by atoms with Crippen LogP contribution >= 0.6 is 0 Å². The molecule has 16 unspecified atom stereocenters. The first-order valence-electron chi connectivity index (χ1n) is 27.4. The Balaban J connectivity index is 0.818. The number of likely N-dealkylation sites (tertiary alicyclic amines) is 3. The molecule has 13 aliphatic rings. The van der Waals surface area contributed by atoms with E-state index in [1.165, 1.54) is 129 Å². The first-order valence-corrected chi connectivity index (χ1v) is 27.4. The minimum absolute atomic E-state index is 0.504. The van der Waals surface area contributed by atoms with Gasteiger partial charge in [-0.3, -0.25) is 0 Å². The van der Waals surface area contributed by atoms with Crippen LogP contribution in [0.2, 0.25) is 0 Å². The summed E-state index contributed by atoms with van der Waals surface area (Å²) >= 11 is 0. The number of hydrogen-bond acceptors (Lipinski definition) is 3. The van der Waals surface area contributed by atoms with E-state index in [1.54, 1.807) is 28.2 Å². The van der Waals surface area contributed by atoms with Crippen molar-refractivity contribution in [3.8, 4) is 0 Å². The molecule has 0 spiro atoms. The molecule has 3 nitrogen and oxygen atoms in total. The van der Waals surface area contributed by atoms with Crippen molar-refractivity contribution in [2.45, 2.75) is 152 Å². The van der Waals surface area contributed by atoms with Crippen LogP contribution in [0.4, 0.5) is 0 Å². The van der Waals surface area contributed by atoms with Crippen molar-refractivity contribution >= 4 is 0 Å². The van der Waals surface area contributed by atoms with Crippen molar-refractivity contribution in [1.29, 1.82) is 0 Å². The quantitative estimate of drug-likeness (QED) is 0.236. The molecule has 3 aliphatic heterocycles. The summed E-state index contributed by atoms with van der Waals surface area (Å²) in [6, 6.07) is 2.74. The first kappa shape index (κ1) is 41.2. The highest BCUT2D eigenvalue weighted by Crippen LogP contribution is 2.57. The molecule has 0 amide bonds. The molecule has 340 valence electrons. The molecule has 0 radical (unpaired) electrons. The van der Waals surface area contributed by atoms with Crippen molar-refractivity contribution in [1.82, 2.24) is 14.7 Å². The molecular formula is C62H77N3. The largest absolute Gasteiger partial charge is 0.368 e. The van der Waals surface area contributed by atoms with Crippen LogP contribution in [0.3, 0.4) is 0 Å². The Bertz CT molecular complexity index is 2250. The molecule has 3 heterocycles. The number of rotatable bonds is 7. The van der Waals surface area contributed by atoms with Gasteiger partial charge in [0.1, 0.15) is 0 Å². The number of fused-ring (bicyclic) bond motifs is 7. The number of allylic oxidation sites excluding steroid dienone is 20. The van der Waals surface area contributed by atoms with E-state index < -0.39 is 0 Å². The van der Waals surface area contributed by atoms with Crippen LogP contribution in [-0.4, -0.2) is 51.5 Å². The lowest BCUT2D eigenvalue weighted by atomic mass is 9.65. The zero-order valence-corrected chi connectivity index (χ0v) is 39.3. The van der Waals surface area contributed by atoms with Gasteiger partial charge in [-0.2, -0.15) is 0 Å². The average molecular weight is 864 g/mol. The fraction of sp³-hybridized carbons (Fsp3) is 0.581. The summed E-state index contributed by atoms with van der Waals surface area (Å²) in [5.41, 5.74) is 8.33. The van der Waals surface area contributed by atoms with Crippen LogP contribution < -0.4 is 0 Å².